The molecule has 0 unspecified atom stereocenters. The standard InChI is InChI=1S/C32H41N3O3/c1-8-24-15-25(17-27(16-24)36-5)20-33-12-10-32(11-13-33)30-14-22(3)31-26(18-28(37-6)19-29(31)38-7)21-34(30)23(4)35(32)9-2/h14-19H,3-4,8-13,20-21H2,1-2,5-7H3. The molecule has 2 saturated heterocycles. The Morgan fingerprint density at radius 1 is 0.868 bits per heavy atom. The fraction of sp³-hybridized carbons (Fsp3) is 0.438. The molecule has 2 aromatic rings. The van der Waals surface area contributed by atoms with Crippen molar-refractivity contribution in [1.29, 1.82) is 0 Å². The minimum Gasteiger partial charge on any atom is -0.497 e. The van der Waals surface area contributed by atoms with Crippen LogP contribution in [0.15, 0.2) is 61.1 Å². The predicted octanol–water partition coefficient (Wildman–Crippen LogP) is 5.83. The van der Waals surface area contributed by atoms with Crippen LogP contribution in [0.2, 0.25) is 0 Å². The number of likely N-dealkylation sites (N-methyl/N-ethyl adjacent to an activating group) is 1. The van der Waals surface area contributed by atoms with Crippen LogP contribution in [0.1, 0.15) is 48.9 Å². The monoisotopic (exact) mass is 515 g/mol. The van der Waals surface area contributed by atoms with Gasteiger partial charge in [0.1, 0.15) is 23.1 Å². The van der Waals surface area contributed by atoms with Crippen molar-refractivity contribution in [3.8, 4) is 17.2 Å². The first-order chi connectivity index (χ1) is 18.4. The molecule has 0 saturated carbocycles. The van der Waals surface area contributed by atoms with Crippen LogP contribution in [0, 0.1) is 0 Å². The topological polar surface area (TPSA) is 37.4 Å². The molecule has 0 N–H and O–H groups in total. The smallest absolute Gasteiger partial charge is 0.130 e. The van der Waals surface area contributed by atoms with Crippen molar-refractivity contribution in [2.45, 2.75) is 51.7 Å². The number of nitrogens with zero attached hydrogens (tertiary/aromatic N) is 3. The van der Waals surface area contributed by atoms with Gasteiger partial charge in [-0.05, 0) is 72.7 Å². The summed E-state index contributed by atoms with van der Waals surface area (Å²) >= 11 is 0. The third kappa shape index (κ3) is 4.35. The second kappa shape index (κ2) is 10.4. The summed E-state index contributed by atoms with van der Waals surface area (Å²) in [5, 5.41) is 0. The summed E-state index contributed by atoms with van der Waals surface area (Å²) in [6.07, 6.45) is 5.37. The number of piperidine rings is 1. The Balaban J connectivity index is 1.44. The quantitative estimate of drug-likeness (QED) is 0.462. The van der Waals surface area contributed by atoms with Gasteiger partial charge in [-0.1, -0.05) is 26.1 Å². The van der Waals surface area contributed by atoms with Gasteiger partial charge in [0.2, 0.25) is 0 Å². The van der Waals surface area contributed by atoms with Crippen LogP contribution in [0.4, 0.5) is 0 Å². The molecule has 38 heavy (non-hydrogen) atoms. The van der Waals surface area contributed by atoms with E-state index in [1.54, 1.807) is 21.3 Å². The van der Waals surface area contributed by atoms with E-state index < -0.39 is 0 Å². The van der Waals surface area contributed by atoms with E-state index in [2.05, 4.69) is 72.0 Å². The van der Waals surface area contributed by atoms with Crippen molar-refractivity contribution in [2.24, 2.45) is 0 Å². The molecule has 6 heteroatoms. The molecule has 1 spiro atoms. The SMILES string of the molecule is C=C1C=C2N(Cc3cc(OC)cc(OC)c31)C(=C)N(CC)C21CCN(Cc2cc(CC)cc(OC)c2)CC1. The normalized spacial score (nSPS) is 18.7. The fourth-order valence-corrected chi connectivity index (χ4v) is 6.62. The van der Waals surface area contributed by atoms with Crippen LogP contribution >= 0.6 is 0 Å². The molecule has 0 atom stereocenters. The number of aryl methyl sites for hydroxylation is 1. The Morgan fingerprint density at radius 3 is 2.18 bits per heavy atom. The number of fused-ring (bicyclic) bond motifs is 3. The number of allylic oxidation sites excluding steroid dienone is 2. The number of ether oxygens (including phenoxy) is 3. The Morgan fingerprint density at radius 2 is 1.55 bits per heavy atom. The highest BCUT2D eigenvalue weighted by Crippen LogP contribution is 2.51. The Hall–Kier alpha value is -3.38. The molecule has 3 aliphatic heterocycles. The zero-order valence-electron chi connectivity index (χ0n) is 23.6. The summed E-state index contributed by atoms with van der Waals surface area (Å²) < 4.78 is 16.9. The van der Waals surface area contributed by atoms with Gasteiger partial charge < -0.3 is 24.0 Å². The highest BCUT2D eigenvalue weighted by molar-refractivity contribution is 5.81. The first-order valence-corrected chi connectivity index (χ1v) is 13.7. The predicted molar refractivity (Wildman–Crippen MR) is 153 cm³/mol. The van der Waals surface area contributed by atoms with E-state index in [-0.39, 0.29) is 5.54 Å². The van der Waals surface area contributed by atoms with E-state index in [1.165, 1.54) is 16.8 Å². The maximum atomic E-state index is 5.78. The summed E-state index contributed by atoms with van der Waals surface area (Å²) in [5.74, 6) is 3.60. The Labute approximate surface area is 227 Å². The first kappa shape index (κ1) is 26.2. The lowest BCUT2D eigenvalue weighted by Crippen LogP contribution is -2.52. The summed E-state index contributed by atoms with van der Waals surface area (Å²) in [6.45, 7) is 18.1. The van der Waals surface area contributed by atoms with Crippen LogP contribution in [0.25, 0.3) is 5.57 Å². The number of methoxy groups -OCH3 is 3. The van der Waals surface area contributed by atoms with Gasteiger partial charge in [-0.25, -0.2) is 0 Å². The molecule has 2 fully saturated rings. The van der Waals surface area contributed by atoms with E-state index in [1.807, 2.05) is 6.07 Å². The van der Waals surface area contributed by atoms with Crippen LogP contribution in [0.3, 0.4) is 0 Å². The first-order valence-electron chi connectivity index (χ1n) is 13.7. The summed E-state index contributed by atoms with van der Waals surface area (Å²) in [7, 11) is 5.16. The number of hydrogen-bond acceptors (Lipinski definition) is 6. The molecular weight excluding hydrogens is 474 g/mol. The molecule has 0 amide bonds. The van der Waals surface area contributed by atoms with E-state index in [0.717, 1.165) is 91.8 Å². The van der Waals surface area contributed by atoms with Crippen LogP contribution in [0.5, 0.6) is 17.2 Å². The molecule has 0 radical (unpaired) electrons. The zero-order valence-corrected chi connectivity index (χ0v) is 23.6. The van der Waals surface area contributed by atoms with Gasteiger partial charge in [0.15, 0.2) is 0 Å². The molecule has 202 valence electrons. The second-order valence-electron chi connectivity index (χ2n) is 10.5. The van der Waals surface area contributed by atoms with E-state index in [9.17, 15) is 0 Å². The Bertz CT molecular complexity index is 1250. The van der Waals surface area contributed by atoms with Crippen LogP contribution < -0.4 is 14.2 Å². The molecule has 3 aliphatic rings. The zero-order chi connectivity index (χ0) is 27.0. The largest absolute Gasteiger partial charge is 0.497 e. The van der Waals surface area contributed by atoms with Gasteiger partial charge in [0.25, 0.3) is 0 Å². The number of rotatable bonds is 7. The molecular formula is C32H41N3O3. The number of benzene rings is 2. The molecule has 3 heterocycles. The van der Waals surface area contributed by atoms with Gasteiger partial charge in [-0.2, -0.15) is 0 Å². The Kier molecular flexibility index (Phi) is 7.19. The molecule has 0 aliphatic carbocycles. The van der Waals surface area contributed by atoms with Gasteiger partial charge in [0, 0.05) is 43.5 Å². The van der Waals surface area contributed by atoms with Crippen LogP contribution in [-0.4, -0.2) is 61.2 Å². The van der Waals surface area contributed by atoms with E-state index >= 15 is 0 Å². The molecule has 5 rings (SSSR count). The van der Waals surface area contributed by atoms with Crippen molar-refractivity contribution in [2.75, 3.05) is 41.0 Å². The van der Waals surface area contributed by atoms with Crippen molar-refractivity contribution in [3.63, 3.8) is 0 Å². The lowest BCUT2D eigenvalue weighted by Gasteiger charge is -2.45. The van der Waals surface area contributed by atoms with Gasteiger partial charge in [-0.3, -0.25) is 4.90 Å². The molecule has 6 nitrogen and oxygen atoms in total. The molecule has 0 bridgehead atoms. The maximum absolute atomic E-state index is 5.78. The van der Waals surface area contributed by atoms with Crippen molar-refractivity contribution >= 4 is 5.57 Å². The summed E-state index contributed by atoms with van der Waals surface area (Å²) in [6, 6.07) is 10.7. The average molecular weight is 516 g/mol. The molecule has 0 aromatic heterocycles. The lowest BCUT2D eigenvalue weighted by atomic mass is 9.82. The number of hydrogen-bond donors (Lipinski definition) is 0. The highest BCUT2D eigenvalue weighted by atomic mass is 16.5. The van der Waals surface area contributed by atoms with Gasteiger partial charge in [0.05, 0.1) is 33.4 Å². The van der Waals surface area contributed by atoms with Gasteiger partial charge >= 0.3 is 0 Å². The maximum Gasteiger partial charge on any atom is 0.130 e. The molecule has 2 aromatic carbocycles. The van der Waals surface area contributed by atoms with E-state index in [4.69, 9.17) is 14.2 Å². The summed E-state index contributed by atoms with van der Waals surface area (Å²) in [4.78, 5) is 7.49. The minimum absolute atomic E-state index is 0.0897. The van der Waals surface area contributed by atoms with Crippen LogP contribution in [-0.2, 0) is 19.5 Å². The van der Waals surface area contributed by atoms with Gasteiger partial charge in [-0.15, -0.1) is 0 Å². The lowest BCUT2D eigenvalue weighted by molar-refractivity contribution is 0.0893. The second-order valence-corrected chi connectivity index (χ2v) is 10.5. The fourth-order valence-electron chi connectivity index (χ4n) is 6.62. The van der Waals surface area contributed by atoms with Crippen molar-refractivity contribution in [1.82, 2.24) is 14.7 Å². The number of likely N-dealkylation sites (tertiary alicyclic amines) is 1. The summed E-state index contributed by atoms with van der Waals surface area (Å²) in [5.41, 5.74) is 7.04. The highest BCUT2D eigenvalue weighted by Gasteiger charge is 2.52. The third-order valence-electron chi connectivity index (χ3n) is 8.56. The van der Waals surface area contributed by atoms with Crippen molar-refractivity contribution in [3.05, 3.63) is 83.3 Å². The average Bonchev–Trinajstić information content (AvgIpc) is 3.03. The van der Waals surface area contributed by atoms with E-state index in [0.29, 0.717) is 0 Å². The van der Waals surface area contributed by atoms with Crippen molar-refractivity contribution < 1.29 is 14.2 Å². The minimum atomic E-state index is -0.0897. The third-order valence-corrected chi connectivity index (χ3v) is 8.56.